The summed E-state index contributed by atoms with van der Waals surface area (Å²) in [5.41, 5.74) is 10.4. The largest absolute Gasteiger partial charge is 0.383 e. The van der Waals surface area contributed by atoms with E-state index in [-0.39, 0.29) is 11.7 Å². The molecule has 0 aromatic carbocycles. The van der Waals surface area contributed by atoms with Gasteiger partial charge in [-0.3, -0.25) is 4.79 Å². The van der Waals surface area contributed by atoms with E-state index in [2.05, 4.69) is 11.1 Å². The highest BCUT2D eigenvalue weighted by Crippen LogP contribution is 2.47. The fourth-order valence-corrected chi connectivity index (χ4v) is 4.85. The number of rotatable bonds is 2. The second-order valence-electron chi connectivity index (χ2n) is 5.88. The fourth-order valence-electron chi connectivity index (χ4n) is 3.62. The summed E-state index contributed by atoms with van der Waals surface area (Å²) in [7, 11) is 0. The quantitative estimate of drug-likeness (QED) is 0.667. The zero-order valence-electron chi connectivity index (χ0n) is 12.8. The van der Waals surface area contributed by atoms with E-state index in [0.717, 1.165) is 41.0 Å². The molecule has 0 spiro atoms. The van der Waals surface area contributed by atoms with Crippen molar-refractivity contribution in [3.63, 3.8) is 0 Å². The van der Waals surface area contributed by atoms with E-state index in [4.69, 9.17) is 10.7 Å². The summed E-state index contributed by atoms with van der Waals surface area (Å²) in [6.45, 7) is 0. The topological polar surface area (TPSA) is 68.9 Å². The molecule has 6 heteroatoms. The van der Waals surface area contributed by atoms with Crippen molar-refractivity contribution >= 4 is 34.7 Å². The monoisotopic (exact) mass is 343 g/mol. The Labute approximate surface area is 143 Å². The summed E-state index contributed by atoms with van der Waals surface area (Å²) in [4.78, 5) is 22.9. The number of carbonyl (C=O) groups excluding carboxylic acids is 1. The summed E-state index contributed by atoms with van der Waals surface area (Å²) < 4.78 is 0. The molecular weight excluding hydrogens is 326 g/mol. The van der Waals surface area contributed by atoms with Gasteiger partial charge in [0.15, 0.2) is 10.9 Å². The van der Waals surface area contributed by atoms with Crippen LogP contribution in [0, 0.1) is 0 Å². The predicted octanol–water partition coefficient (Wildman–Crippen LogP) is 3.58. The van der Waals surface area contributed by atoms with Crippen molar-refractivity contribution in [2.45, 2.75) is 36.8 Å². The van der Waals surface area contributed by atoms with Gasteiger partial charge in [0.05, 0.1) is 11.6 Å². The lowest BCUT2D eigenvalue weighted by Crippen LogP contribution is -2.26. The van der Waals surface area contributed by atoms with Gasteiger partial charge in [-0.05, 0) is 30.5 Å². The number of nitrogen functional groups attached to an aromatic ring is 1. The van der Waals surface area contributed by atoms with Crippen LogP contribution in [0.5, 0.6) is 0 Å². The van der Waals surface area contributed by atoms with Gasteiger partial charge in [-0.15, -0.1) is 11.3 Å². The first-order valence-electron chi connectivity index (χ1n) is 7.68. The number of hydrogen-bond acceptors (Lipinski definition) is 6. The third-order valence-electron chi connectivity index (χ3n) is 4.57. The van der Waals surface area contributed by atoms with E-state index in [0.29, 0.717) is 17.4 Å². The number of ketones is 1. The number of thioether (sulfide) groups is 1. The van der Waals surface area contributed by atoms with Crippen LogP contribution in [0.2, 0.25) is 0 Å². The summed E-state index contributed by atoms with van der Waals surface area (Å²) in [5, 5.41) is 2.75. The van der Waals surface area contributed by atoms with E-state index in [1.165, 1.54) is 17.3 Å². The van der Waals surface area contributed by atoms with Gasteiger partial charge in [-0.2, -0.15) is 0 Å². The van der Waals surface area contributed by atoms with Gasteiger partial charge in [-0.1, -0.05) is 23.4 Å². The van der Waals surface area contributed by atoms with Crippen LogP contribution in [0.15, 0.2) is 33.8 Å². The average Bonchev–Trinajstić information content (AvgIpc) is 3.07. The fraction of sp³-hybridized carbons (Fsp3) is 0.353. The molecule has 2 heterocycles. The molecule has 2 aromatic rings. The van der Waals surface area contributed by atoms with Gasteiger partial charge in [0.1, 0.15) is 5.82 Å². The van der Waals surface area contributed by atoms with E-state index in [9.17, 15) is 4.79 Å². The van der Waals surface area contributed by atoms with Crippen molar-refractivity contribution in [2.24, 2.45) is 0 Å². The smallest absolute Gasteiger partial charge is 0.189 e. The van der Waals surface area contributed by atoms with E-state index < -0.39 is 0 Å². The molecule has 0 saturated carbocycles. The van der Waals surface area contributed by atoms with Crippen molar-refractivity contribution in [3.8, 4) is 0 Å². The molecule has 2 aliphatic rings. The van der Waals surface area contributed by atoms with Crippen LogP contribution in [-0.2, 0) is 11.2 Å². The maximum atomic E-state index is 12.6. The maximum absolute atomic E-state index is 12.6. The Hall–Kier alpha value is -1.66. The van der Waals surface area contributed by atoms with E-state index in [1.54, 1.807) is 11.3 Å². The molecule has 2 aliphatic carbocycles. The molecule has 0 bridgehead atoms. The van der Waals surface area contributed by atoms with Gasteiger partial charge in [0.25, 0.3) is 0 Å². The lowest BCUT2D eigenvalue weighted by molar-refractivity contribution is -0.116. The molecule has 0 aliphatic heterocycles. The summed E-state index contributed by atoms with van der Waals surface area (Å²) in [6.07, 6.45) is 5.26. The van der Waals surface area contributed by atoms with Crippen LogP contribution < -0.4 is 5.73 Å². The van der Waals surface area contributed by atoms with Crippen LogP contribution in [-0.4, -0.2) is 22.0 Å². The SMILES string of the molecule is CSc1nc(N)c2c(n1)CC1=C(C(=O)CCC1)C2c1cccs1. The Morgan fingerprint density at radius 3 is 2.96 bits per heavy atom. The molecule has 4 rings (SSSR count). The lowest BCUT2D eigenvalue weighted by Gasteiger charge is -2.32. The normalized spacial score (nSPS) is 20.4. The highest BCUT2D eigenvalue weighted by molar-refractivity contribution is 7.98. The number of anilines is 1. The van der Waals surface area contributed by atoms with Gasteiger partial charge in [-0.25, -0.2) is 9.97 Å². The standard InChI is InChI=1S/C17H17N3OS2/c1-22-17-19-10-8-9-4-2-5-11(21)13(9)15(12-6-3-7-23-12)14(10)16(18)20-17/h3,6-7,15H,2,4-5,8H2,1H3,(H2,18,19,20). The molecule has 118 valence electrons. The third kappa shape index (κ3) is 2.40. The van der Waals surface area contributed by atoms with Crippen molar-refractivity contribution in [2.75, 3.05) is 12.0 Å². The van der Waals surface area contributed by atoms with Gasteiger partial charge < -0.3 is 5.73 Å². The first-order chi connectivity index (χ1) is 11.2. The zero-order valence-corrected chi connectivity index (χ0v) is 14.5. The first kappa shape index (κ1) is 14.9. The minimum Gasteiger partial charge on any atom is -0.383 e. The number of carbonyl (C=O) groups is 1. The number of aromatic nitrogens is 2. The molecule has 0 fully saturated rings. The van der Waals surface area contributed by atoms with Crippen LogP contribution in [0.4, 0.5) is 5.82 Å². The number of nitrogens with two attached hydrogens (primary N) is 1. The second kappa shape index (κ2) is 5.76. The lowest BCUT2D eigenvalue weighted by atomic mass is 9.73. The molecule has 1 unspecified atom stereocenters. The number of Topliss-reactive ketones (excluding diaryl/α,β-unsaturated/α-hetero) is 1. The number of hydrogen-bond donors (Lipinski definition) is 1. The predicted molar refractivity (Wildman–Crippen MR) is 94.0 cm³/mol. The molecule has 0 saturated heterocycles. The minimum absolute atomic E-state index is 0.0857. The van der Waals surface area contributed by atoms with Gasteiger partial charge >= 0.3 is 0 Å². The average molecular weight is 343 g/mol. The molecule has 1 atom stereocenters. The van der Waals surface area contributed by atoms with Crippen LogP contribution in [0.25, 0.3) is 0 Å². The van der Waals surface area contributed by atoms with Crippen molar-refractivity contribution in [1.82, 2.24) is 9.97 Å². The summed E-state index contributed by atoms with van der Waals surface area (Å²) >= 11 is 3.17. The zero-order chi connectivity index (χ0) is 16.0. The van der Waals surface area contributed by atoms with Gasteiger partial charge in [0, 0.05) is 28.9 Å². The Morgan fingerprint density at radius 1 is 1.35 bits per heavy atom. The summed E-state index contributed by atoms with van der Waals surface area (Å²) in [5.74, 6) is 0.698. The molecule has 23 heavy (non-hydrogen) atoms. The Kier molecular flexibility index (Phi) is 3.73. The van der Waals surface area contributed by atoms with Crippen molar-refractivity contribution in [1.29, 1.82) is 0 Å². The molecular formula is C17H17N3OS2. The van der Waals surface area contributed by atoms with Crippen LogP contribution in [0.1, 0.15) is 41.3 Å². The van der Waals surface area contributed by atoms with Crippen molar-refractivity contribution in [3.05, 3.63) is 44.8 Å². The highest BCUT2D eigenvalue weighted by atomic mass is 32.2. The maximum Gasteiger partial charge on any atom is 0.189 e. The molecule has 0 amide bonds. The molecule has 4 nitrogen and oxygen atoms in total. The number of nitrogens with zero attached hydrogens (tertiary/aromatic N) is 2. The van der Waals surface area contributed by atoms with E-state index >= 15 is 0 Å². The van der Waals surface area contributed by atoms with Gasteiger partial charge in [0.2, 0.25) is 0 Å². The Bertz CT molecular complexity index is 811. The van der Waals surface area contributed by atoms with Crippen LogP contribution in [0.3, 0.4) is 0 Å². The summed E-state index contributed by atoms with van der Waals surface area (Å²) in [6, 6.07) is 4.11. The number of allylic oxidation sites excluding steroid dienone is 2. The Morgan fingerprint density at radius 2 is 2.22 bits per heavy atom. The number of fused-ring (bicyclic) bond motifs is 1. The minimum atomic E-state index is -0.0857. The third-order valence-corrected chi connectivity index (χ3v) is 6.05. The second-order valence-corrected chi connectivity index (χ2v) is 7.63. The molecule has 2 N–H and O–H groups in total. The van der Waals surface area contributed by atoms with E-state index in [1.807, 2.05) is 17.7 Å². The van der Waals surface area contributed by atoms with Crippen LogP contribution >= 0.6 is 23.1 Å². The Balaban J connectivity index is 1.96. The highest BCUT2D eigenvalue weighted by Gasteiger charge is 2.37. The number of thiophene rings is 1. The molecule has 2 aromatic heterocycles. The molecule has 0 radical (unpaired) electrons. The first-order valence-corrected chi connectivity index (χ1v) is 9.78. The van der Waals surface area contributed by atoms with Crippen molar-refractivity contribution < 1.29 is 4.79 Å².